The van der Waals surface area contributed by atoms with Gasteiger partial charge in [-0.25, -0.2) is 0 Å². The lowest BCUT2D eigenvalue weighted by Gasteiger charge is -2.37. The minimum absolute atomic E-state index is 0.0220. The summed E-state index contributed by atoms with van der Waals surface area (Å²) in [6.07, 6.45) is 0.940. The van der Waals surface area contributed by atoms with Gasteiger partial charge in [-0.05, 0) is 18.3 Å². The zero-order valence-electron chi connectivity index (χ0n) is 12.5. The Labute approximate surface area is 130 Å². The van der Waals surface area contributed by atoms with E-state index in [2.05, 4.69) is 0 Å². The largest absolute Gasteiger partial charge is 0.347 e. The standard InChI is InChI=1S/C16H14N6/c1-16(2)7-13(12(9-19)10-20)14(11-21)15(8-16)22(5-3-17)6-4-18/h5-8H2,1-2H3. The summed E-state index contributed by atoms with van der Waals surface area (Å²) in [7, 11) is 0. The Morgan fingerprint density at radius 1 is 1.00 bits per heavy atom. The Hall–Kier alpha value is -3.27. The van der Waals surface area contributed by atoms with Crippen molar-refractivity contribution in [2.24, 2.45) is 5.41 Å². The van der Waals surface area contributed by atoms with Crippen molar-refractivity contribution in [2.75, 3.05) is 13.1 Å². The van der Waals surface area contributed by atoms with Gasteiger partial charge in [-0.2, -0.15) is 26.3 Å². The molecule has 0 heterocycles. The molecule has 0 aromatic carbocycles. The topological polar surface area (TPSA) is 122 Å². The third kappa shape index (κ3) is 3.43. The second kappa shape index (κ2) is 6.95. The Morgan fingerprint density at radius 3 is 1.95 bits per heavy atom. The van der Waals surface area contributed by atoms with Crippen molar-refractivity contribution in [3.63, 3.8) is 0 Å². The Kier molecular flexibility index (Phi) is 5.30. The highest BCUT2D eigenvalue weighted by atomic mass is 15.1. The molecule has 1 aliphatic rings. The Morgan fingerprint density at radius 2 is 1.55 bits per heavy atom. The van der Waals surface area contributed by atoms with E-state index in [9.17, 15) is 5.26 Å². The van der Waals surface area contributed by atoms with Crippen molar-refractivity contribution in [1.82, 2.24) is 4.90 Å². The fourth-order valence-corrected chi connectivity index (χ4v) is 2.54. The van der Waals surface area contributed by atoms with Gasteiger partial charge in [-0.3, -0.25) is 0 Å². The first kappa shape index (κ1) is 16.8. The van der Waals surface area contributed by atoms with Crippen LogP contribution in [0, 0.1) is 62.1 Å². The van der Waals surface area contributed by atoms with E-state index in [0.29, 0.717) is 24.1 Å². The van der Waals surface area contributed by atoms with Crippen LogP contribution in [-0.2, 0) is 0 Å². The molecule has 0 aromatic rings. The predicted octanol–water partition coefficient (Wildman–Crippen LogP) is 2.28. The first-order valence-electron chi connectivity index (χ1n) is 6.60. The molecule has 0 bridgehead atoms. The molecule has 22 heavy (non-hydrogen) atoms. The minimum Gasteiger partial charge on any atom is -0.347 e. The number of hydrogen-bond donors (Lipinski definition) is 0. The highest BCUT2D eigenvalue weighted by molar-refractivity contribution is 5.57. The van der Waals surface area contributed by atoms with Gasteiger partial charge in [0, 0.05) is 11.3 Å². The maximum absolute atomic E-state index is 9.47. The van der Waals surface area contributed by atoms with Gasteiger partial charge in [0.25, 0.3) is 0 Å². The molecule has 0 spiro atoms. The first-order valence-corrected chi connectivity index (χ1v) is 6.60. The quantitative estimate of drug-likeness (QED) is 0.580. The monoisotopic (exact) mass is 290 g/mol. The lowest BCUT2D eigenvalue weighted by molar-refractivity contribution is 0.288. The lowest BCUT2D eigenvalue weighted by atomic mass is 9.72. The van der Waals surface area contributed by atoms with E-state index in [0.717, 1.165) is 0 Å². The predicted molar refractivity (Wildman–Crippen MR) is 76.7 cm³/mol. The van der Waals surface area contributed by atoms with Crippen molar-refractivity contribution in [1.29, 1.82) is 26.3 Å². The molecule has 0 unspecified atom stereocenters. The summed E-state index contributed by atoms with van der Waals surface area (Å²) in [5, 5.41) is 45.6. The number of rotatable bonds is 3. The van der Waals surface area contributed by atoms with Crippen LogP contribution < -0.4 is 0 Å². The summed E-state index contributed by atoms with van der Waals surface area (Å²) < 4.78 is 0. The fraction of sp³-hybridized carbons (Fsp3) is 0.438. The third-order valence-electron chi connectivity index (χ3n) is 3.43. The van der Waals surface area contributed by atoms with E-state index in [-0.39, 0.29) is 29.7 Å². The van der Waals surface area contributed by atoms with Crippen molar-refractivity contribution in [3.8, 4) is 30.3 Å². The molecule has 0 aliphatic heterocycles. The Bertz CT molecular complexity index is 702. The normalized spacial score (nSPS) is 15.6. The van der Waals surface area contributed by atoms with Crippen LogP contribution >= 0.6 is 0 Å². The molecule has 0 aromatic heterocycles. The number of nitrogens with zero attached hydrogens (tertiary/aromatic N) is 6. The summed E-state index contributed by atoms with van der Waals surface area (Å²) >= 11 is 0. The van der Waals surface area contributed by atoms with Crippen LogP contribution in [0.4, 0.5) is 0 Å². The van der Waals surface area contributed by atoms with Gasteiger partial charge in [0.2, 0.25) is 0 Å². The molecule has 0 fully saturated rings. The second-order valence-corrected chi connectivity index (χ2v) is 5.70. The number of allylic oxidation sites excluding steroid dienone is 4. The molecule has 0 amide bonds. The summed E-state index contributed by atoms with van der Waals surface area (Å²) in [6, 6.07) is 9.67. The zero-order valence-corrected chi connectivity index (χ0v) is 12.5. The molecule has 0 saturated heterocycles. The molecule has 6 nitrogen and oxygen atoms in total. The van der Waals surface area contributed by atoms with Gasteiger partial charge in [-0.15, -0.1) is 0 Å². The highest BCUT2D eigenvalue weighted by Crippen LogP contribution is 2.43. The molecule has 0 atom stereocenters. The molecule has 6 heteroatoms. The molecular formula is C16H14N6. The fourth-order valence-electron chi connectivity index (χ4n) is 2.54. The van der Waals surface area contributed by atoms with Gasteiger partial charge in [0.1, 0.15) is 36.9 Å². The van der Waals surface area contributed by atoms with Gasteiger partial charge in [0.05, 0.1) is 17.7 Å². The lowest BCUT2D eigenvalue weighted by Crippen LogP contribution is -2.32. The molecule has 108 valence electrons. The van der Waals surface area contributed by atoms with Gasteiger partial charge >= 0.3 is 0 Å². The molecule has 1 aliphatic carbocycles. The number of hydrogen-bond acceptors (Lipinski definition) is 6. The number of nitriles is 5. The van der Waals surface area contributed by atoms with Gasteiger partial charge in [-0.1, -0.05) is 13.8 Å². The van der Waals surface area contributed by atoms with Crippen LogP contribution in [0.2, 0.25) is 0 Å². The third-order valence-corrected chi connectivity index (χ3v) is 3.43. The Balaban J connectivity index is 3.63. The van der Waals surface area contributed by atoms with Crippen LogP contribution in [0.15, 0.2) is 22.4 Å². The van der Waals surface area contributed by atoms with E-state index in [1.54, 1.807) is 0 Å². The van der Waals surface area contributed by atoms with E-state index >= 15 is 0 Å². The highest BCUT2D eigenvalue weighted by Gasteiger charge is 2.34. The van der Waals surface area contributed by atoms with Crippen LogP contribution in [-0.4, -0.2) is 18.0 Å². The molecule has 1 rings (SSSR count). The minimum atomic E-state index is -0.271. The van der Waals surface area contributed by atoms with Crippen LogP contribution in [0.1, 0.15) is 26.7 Å². The van der Waals surface area contributed by atoms with Gasteiger partial charge < -0.3 is 4.90 Å². The SMILES string of the molecule is CC1(C)CC(=C(C#N)C#N)C(C#N)=C(N(CC#N)CC#N)C1. The van der Waals surface area contributed by atoms with Gasteiger partial charge in [0.15, 0.2) is 0 Å². The van der Waals surface area contributed by atoms with Crippen molar-refractivity contribution < 1.29 is 0 Å². The smallest absolute Gasteiger partial charge is 0.134 e. The average Bonchev–Trinajstić information content (AvgIpc) is 2.47. The average molecular weight is 290 g/mol. The van der Waals surface area contributed by atoms with E-state index in [4.69, 9.17) is 21.0 Å². The van der Waals surface area contributed by atoms with Crippen LogP contribution in [0.25, 0.3) is 0 Å². The van der Waals surface area contributed by atoms with E-state index < -0.39 is 0 Å². The van der Waals surface area contributed by atoms with Crippen molar-refractivity contribution in [2.45, 2.75) is 26.7 Å². The molecular weight excluding hydrogens is 276 g/mol. The van der Waals surface area contributed by atoms with E-state index in [1.807, 2.05) is 44.2 Å². The van der Waals surface area contributed by atoms with E-state index in [1.165, 1.54) is 4.90 Å². The maximum atomic E-state index is 9.47. The summed E-state index contributed by atoms with van der Waals surface area (Å²) in [5.41, 5.74) is 0.839. The summed E-state index contributed by atoms with van der Waals surface area (Å²) in [5.74, 6) is 0. The molecule has 0 radical (unpaired) electrons. The molecule has 0 N–H and O–H groups in total. The zero-order chi connectivity index (χ0) is 16.8. The second-order valence-electron chi connectivity index (χ2n) is 5.70. The van der Waals surface area contributed by atoms with Crippen LogP contribution in [0.3, 0.4) is 0 Å². The molecule has 0 saturated carbocycles. The van der Waals surface area contributed by atoms with Crippen LogP contribution in [0.5, 0.6) is 0 Å². The van der Waals surface area contributed by atoms with Crippen molar-refractivity contribution >= 4 is 0 Å². The van der Waals surface area contributed by atoms with Crippen molar-refractivity contribution in [3.05, 3.63) is 22.4 Å². The first-order chi connectivity index (χ1) is 10.4. The summed E-state index contributed by atoms with van der Waals surface area (Å²) in [6.45, 7) is 3.88. The summed E-state index contributed by atoms with van der Waals surface area (Å²) in [4.78, 5) is 1.53. The maximum Gasteiger partial charge on any atom is 0.134 e.